The number of thiophene rings is 1. The molecule has 5 rings (SSSR count). The molecule has 1 aliphatic rings. The molecule has 0 amide bonds. The molecule has 0 spiro atoms. The van der Waals surface area contributed by atoms with E-state index in [9.17, 15) is 9.59 Å². The molecule has 4 aromatic rings. The van der Waals surface area contributed by atoms with Gasteiger partial charge >= 0.3 is 5.97 Å². The quantitative estimate of drug-likeness (QED) is 0.191. The second-order valence-corrected chi connectivity index (χ2v) is 10.3. The summed E-state index contributed by atoms with van der Waals surface area (Å²) in [6, 6.07) is 14.6. The Morgan fingerprint density at radius 3 is 2.58 bits per heavy atom. The van der Waals surface area contributed by atoms with E-state index in [1.807, 2.05) is 24.3 Å². The van der Waals surface area contributed by atoms with Gasteiger partial charge in [-0.25, -0.2) is 9.78 Å². The Hall–Kier alpha value is -2.61. The molecule has 0 aliphatic heterocycles. The number of benzene rings is 2. The van der Waals surface area contributed by atoms with Crippen molar-refractivity contribution in [1.82, 2.24) is 9.55 Å². The van der Waals surface area contributed by atoms with Crippen LogP contribution in [0.2, 0.25) is 5.02 Å². The standard InChI is InChI=1S/C25H21ClN2O3S2/c1-31-24(30)16-8-6-15(7-9-16)14-32-25-27-22-21(19-4-2-3-5-20(19)33-22)23(29)28(25)18-12-10-17(26)11-13-18/h6-13H,2-5,14H2,1H3. The summed E-state index contributed by atoms with van der Waals surface area (Å²) in [6.07, 6.45) is 4.23. The minimum atomic E-state index is -0.362. The number of halogens is 1. The number of carbonyl (C=O) groups excluding carboxylic acids is 1. The van der Waals surface area contributed by atoms with E-state index in [1.54, 1.807) is 40.2 Å². The van der Waals surface area contributed by atoms with Gasteiger partial charge in [0.1, 0.15) is 4.83 Å². The van der Waals surface area contributed by atoms with Crippen molar-refractivity contribution >= 4 is 50.9 Å². The summed E-state index contributed by atoms with van der Waals surface area (Å²) in [5, 5.41) is 2.02. The monoisotopic (exact) mass is 496 g/mol. The summed E-state index contributed by atoms with van der Waals surface area (Å²) in [7, 11) is 1.37. The number of ether oxygens (including phenoxy) is 1. The summed E-state index contributed by atoms with van der Waals surface area (Å²) in [4.78, 5) is 32.5. The van der Waals surface area contributed by atoms with Gasteiger partial charge in [-0.2, -0.15) is 0 Å². The molecule has 0 saturated heterocycles. The molecule has 2 aromatic carbocycles. The normalized spacial score (nSPS) is 13.2. The van der Waals surface area contributed by atoms with E-state index in [0.717, 1.165) is 47.2 Å². The number of esters is 1. The molecule has 0 bridgehead atoms. The van der Waals surface area contributed by atoms with E-state index < -0.39 is 0 Å². The van der Waals surface area contributed by atoms with Crippen LogP contribution in [0.15, 0.2) is 58.5 Å². The Labute approximate surface area is 204 Å². The molecule has 168 valence electrons. The Balaban J connectivity index is 1.56. The number of thioether (sulfide) groups is 1. The van der Waals surface area contributed by atoms with Crippen molar-refractivity contribution in [3.8, 4) is 5.69 Å². The van der Waals surface area contributed by atoms with Gasteiger partial charge in [0.15, 0.2) is 5.16 Å². The third-order valence-electron chi connectivity index (χ3n) is 5.79. The molecule has 1 aliphatic carbocycles. The van der Waals surface area contributed by atoms with Gasteiger partial charge in [-0.15, -0.1) is 11.3 Å². The Bertz CT molecular complexity index is 1390. The number of hydrogen-bond donors (Lipinski definition) is 0. The second-order valence-electron chi connectivity index (χ2n) is 7.88. The predicted octanol–water partition coefficient (Wildman–Crippen LogP) is 6.06. The third kappa shape index (κ3) is 4.33. The van der Waals surface area contributed by atoms with E-state index in [2.05, 4.69) is 0 Å². The van der Waals surface area contributed by atoms with Crippen molar-refractivity contribution in [3.63, 3.8) is 0 Å². The number of rotatable bonds is 5. The lowest BCUT2D eigenvalue weighted by molar-refractivity contribution is 0.0600. The topological polar surface area (TPSA) is 61.2 Å². The van der Waals surface area contributed by atoms with Crippen LogP contribution in [-0.4, -0.2) is 22.6 Å². The first-order valence-corrected chi connectivity index (χ1v) is 12.9. The summed E-state index contributed by atoms with van der Waals surface area (Å²) in [6.45, 7) is 0. The van der Waals surface area contributed by atoms with Gasteiger partial charge in [-0.05, 0) is 73.2 Å². The number of aryl methyl sites for hydroxylation is 2. The van der Waals surface area contributed by atoms with Crippen LogP contribution in [0.5, 0.6) is 0 Å². The van der Waals surface area contributed by atoms with Crippen molar-refractivity contribution in [2.75, 3.05) is 7.11 Å². The number of aromatic nitrogens is 2. The Morgan fingerprint density at radius 2 is 1.85 bits per heavy atom. The highest BCUT2D eigenvalue weighted by atomic mass is 35.5. The third-order valence-corrected chi connectivity index (χ3v) is 8.23. The molecule has 0 atom stereocenters. The van der Waals surface area contributed by atoms with Crippen molar-refractivity contribution in [2.45, 2.75) is 36.6 Å². The van der Waals surface area contributed by atoms with Crippen LogP contribution >= 0.6 is 34.7 Å². The molecule has 2 aromatic heterocycles. The largest absolute Gasteiger partial charge is 0.465 e. The maximum atomic E-state index is 13.8. The summed E-state index contributed by atoms with van der Waals surface area (Å²) < 4.78 is 6.47. The predicted molar refractivity (Wildman–Crippen MR) is 134 cm³/mol. The first kappa shape index (κ1) is 22.2. The van der Waals surface area contributed by atoms with Gasteiger partial charge < -0.3 is 4.74 Å². The first-order chi connectivity index (χ1) is 16.0. The minimum absolute atomic E-state index is 0.0229. The fourth-order valence-corrected chi connectivity index (χ4v) is 6.50. The Kier molecular flexibility index (Phi) is 6.27. The number of nitrogens with zero attached hydrogens (tertiary/aromatic N) is 2. The number of carbonyl (C=O) groups is 1. The molecule has 8 heteroatoms. The van der Waals surface area contributed by atoms with Gasteiger partial charge in [-0.1, -0.05) is 35.5 Å². The highest BCUT2D eigenvalue weighted by Gasteiger charge is 2.23. The molecule has 0 saturated carbocycles. The lowest BCUT2D eigenvalue weighted by atomic mass is 9.97. The zero-order valence-corrected chi connectivity index (χ0v) is 20.4. The molecule has 0 radical (unpaired) electrons. The summed E-state index contributed by atoms with van der Waals surface area (Å²) in [5.41, 5.74) is 3.43. The zero-order chi connectivity index (χ0) is 22.9. The van der Waals surface area contributed by atoms with Crippen molar-refractivity contribution < 1.29 is 9.53 Å². The second kappa shape index (κ2) is 9.33. The van der Waals surface area contributed by atoms with Crippen LogP contribution in [0, 0.1) is 0 Å². The van der Waals surface area contributed by atoms with Gasteiger partial charge in [0.05, 0.1) is 23.7 Å². The summed E-state index contributed by atoms with van der Waals surface area (Å²) >= 11 is 9.26. The molecular formula is C25H21ClN2O3S2. The van der Waals surface area contributed by atoms with E-state index in [4.69, 9.17) is 21.3 Å². The number of hydrogen-bond acceptors (Lipinski definition) is 6. The van der Waals surface area contributed by atoms with E-state index >= 15 is 0 Å². The SMILES string of the molecule is COC(=O)c1ccc(CSc2nc3sc4c(c3c(=O)n2-c2ccc(Cl)cc2)CCCC4)cc1. The van der Waals surface area contributed by atoms with Gasteiger partial charge in [0, 0.05) is 15.7 Å². The van der Waals surface area contributed by atoms with Crippen molar-refractivity contribution in [3.05, 3.63) is 85.5 Å². The number of fused-ring (bicyclic) bond motifs is 3. The van der Waals surface area contributed by atoms with E-state index in [1.165, 1.54) is 29.3 Å². The minimum Gasteiger partial charge on any atom is -0.465 e. The van der Waals surface area contributed by atoms with Crippen LogP contribution < -0.4 is 5.56 Å². The molecule has 0 unspecified atom stereocenters. The van der Waals surface area contributed by atoms with Crippen LogP contribution in [0.3, 0.4) is 0 Å². The highest BCUT2D eigenvalue weighted by Crippen LogP contribution is 2.35. The van der Waals surface area contributed by atoms with Crippen LogP contribution in [-0.2, 0) is 23.3 Å². The van der Waals surface area contributed by atoms with E-state index in [0.29, 0.717) is 21.5 Å². The fourth-order valence-electron chi connectivity index (χ4n) is 4.10. The van der Waals surface area contributed by atoms with Crippen molar-refractivity contribution in [1.29, 1.82) is 0 Å². The lowest BCUT2D eigenvalue weighted by Crippen LogP contribution is -2.22. The molecule has 0 N–H and O–H groups in total. The van der Waals surface area contributed by atoms with Gasteiger partial charge in [-0.3, -0.25) is 9.36 Å². The first-order valence-electron chi connectivity index (χ1n) is 10.7. The van der Waals surface area contributed by atoms with Crippen LogP contribution in [0.4, 0.5) is 0 Å². The average Bonchev–Trinajstić information content (AvgIpc) is 3.22. The molecule has 0 fully saturated rings. The average molecular weight is 497 g/mol. The van der Waals surface area contributed by atoms with Gasteiger partial charge in [0.2, 0.25) is 0 Å². The maximum absolute atomic E-state index is 13.8. The smallest absolute Gasteiger partial charge is 0.337 e. The highest BCUT2D eigenvalue weighted by molar-refractivity contribution is 7.98. The summed E-state index contributed by atoms with van der Waals surface area (Å²) in [5.74, 6) is 0.248. The van der Waals surface area contributed by atoms with Gasteiger partial charge in [0.25, 0.3) is 5.56 Å². The molecule has 33 heavy (non-hydrogen) atoms. The number of methoxy groups -OCH3 is 1. The molecule has 2 heterocycles. The van der Waals surface area contributed by atoms with E-state index in [-0.39, 0.29) is 11.5 Å². The molecule has 5 nitrogen and oxygen atoms in total. The molecular weight excluding hydrogens is 476 g/mol. The van der Waals surface area contributed by atoms with Crippen molar-refractivity contribution in [2.24, 2.45) is 0 Å². The Morgan fingerprint density at radius 1 is 1.12 bits per heavy atom. The lowest BCUT2D eigenvalue weighted by Gasteiger charge is -2.14. The van der Waals surface area contributed by atoms with Crippen LogP contribution in [0.1, 0.15) is 39.2 Å². The zero-order valence-electron chi connectivity index (χ0n) is 18.0. The van der Waals surface area contributed by atoms with Crippen LogP contribution in [0.25, 0.3) is 15.9 Å². The fraction of sp³-hybridized carbons (Fsp3) is 0.240. The maximum Gasteiger partial charge on any atom is 0.337 e.